The molecule has 1 aromatic heterocycles. The number of hydrogen-bond acceptors (Lipinski definition) is 7. The van der Waals surface area contributed by atoms with Crippen LogP contribution >= 0.6 is 0 Å². The number of hydrogen-bond donors (Lipinski definition) is 6. The highest BCUT2D eigenvalue weighted by Gasteiger charge is 2.34. The number of para-hydroxylation sites is 1. The number of carbonyl (C=O) groups excluding carboxylic acids is 3. The van der Waals surface area contributed by atoms with Gasteiger partial charge in [-0.05, 0) is 6.07 Å². The smallest absolute Gasteiger partial charge is 0.328 e. The zero-order valence-electron chi connectivity index (χ0n) is 12.7. The third-order valence-electron chi connectivity index (χ3n) is 3.50. The third kappa shape index (κ3) is 2.73. The summed E-state index contributed by atoms with van der Waals surface area (Å²) in [5, 5.41) is 23.8. The monoisotopic (exact) mass is 358 g/mol. The number of benzene rings is 1. The largest absolute Gasteiger partial charge is 0.507 e. The maximum absolute atomic E-state index is 12.2. The predicted molar refractivity (Wildman–Crippen MR) is 85.2 cm³/mol. The summed E-state index contributed by atoms with van der Waals surface area (Å²) in [6.45, 7) is 0. The number of aromatic amines is 2. The van der Waals surface area contributed by atoms with Crippen molar-refractivity contribution >= 4 is 23.4 Å². The van der Waals surface area contributed by atoms with E-state index in [0.29, 0.717) is 0 Å². The van der Waals surface area contributed by atoms with E-state index >= 15 is 0 Å². The predicted octanol–water partition coefficient (Wildman–Crippen LogP) is -1.36. The van der Waals surface area contributed by atoms with Crippen LogP contribution in [0.15, 0.2) is 39.4 Å². The maximum Gasteiger partial charge on any atom is 0.328 e. The molecule has 0 aliphatic carbocycles. The van der Waals surface area contributed by atoms with Crippen molar-refractivity contribution in [1.29, 1.82) is 0 Å². The Kier molecular flexibility index (Phi) is 3.89. The Morgan fingerprint density at radius 1 is 0.846 bits per heavy atom. The minimum atomic E-state index is -1.15. The van der Waals surface area contributed by atoms with Crippen molar-refractivity contribution in [2.45, 2.75) is 0 Å². The van der Waals surface area contributed by atoms with Crippen molar-refractivity contribution in [1.82, 2.24) is 20.6 Å². The standard InChI is InChI=1S/C15H10N4O7/c20-6-4-2-1-3-5(6)7(8-10(21)16-14(25)17-11(8)22)9-12(23)18-15(26)19-13(9)24/h1-4,20H,(H2,16,17,21,22,25)(H3,18,19,23,24,26). The van der Waals surface area contributed by atoms with Crippen molar-refractivity contribution in [2.75, 3.05) is 0 Å². The summed E-state index contributed by atoms with van der Waals surface area (Å²) in [6.07, 6.45) is 0. The van der Waals surface area contributed by atoms with Crippen LogP contribution in [0, 0.1) is 0 Å². The lowest BCUT2D eigenvalue weighted by Gasteiger charge is -2.19. The first kappa shape index (κ1) is 16.7. The first-order valence-electron chi connectivity index (χ1n) is 7.05. The lowest BCUT2D eigenvalue weighted by Crippen LogP contribution is -2.52. The lowest BCUT2D eigenvalue weighted by molar-refractivity contribution is -0.123. The van der Waals surface area contributed by atoms with Crippen molar-refractivity contribution in [2.24, 2.45) is 0 Å². The van der Waals surface area contributed by atoms with Crippen LogP contribution in [-0.4, -0.2) is 38.0 Å². The zero-order valence-corrected chi connectivity index (χ0v) is 12.7. The number of aromatic hydroxyl groups is 2. The molecule has 0 unspecified atom stereocenters. The van der Waals surface area contributed by atoms with Gasteiger partial charge in [-0.15, -0.1) is 0 Å². The number of nitrogens with one attached hydrogen (secondary N) is 4. The number of amides is 4. The second kappa shape index (κ2) is 6.05. The molecule has 0 saturated carbocycles. The van der Waals surface area contributed by atoms with Gasteiger partial charge in [0.2, 0.25) is 5.88 Å². The summed E-state index contributed by atoms with van der Waals surface area (Å²) in [7, 11) is 0. The molecule has 2 aromatic rings. The van der Waals surface area contributed by atoms with Gasteiger partial charge in [0.25, 0.3) is 17.4 Å². The molecule has 1 aliphatic rings. The first-order chi connectivity index (χ1) is 12.3. The van der Waals surface area contributed by atoms with Crippen molar-refractivity contribution in [3.63, 3.8) is 0 Å². The Morgan fingerprint density at radius 2 is 1.46 bits per heavy atom. The van der Waals surface area contributed by atoms with E-state index in [1.165, 1.54) is 24.3 Å². The Bertz CT molecular complexity index is 1090. The van der Waals surface area contributed by atoms with E-state index in [1.807, 2.05) is 20.6 Å². The van der Waals surface area contributed by atoms with Gasteiger partial charge < -0.3 is 10.2 Å². The van der Waals surface area contributed by atoms with Gasteiger partial charge in [-0.3, -0.25) is 35.0 Å². The van der Waals surface area contributed by atoms with Crippen molar-refractivity contribution in [3.8, 4) is 11.6 Å². The van der Waals surface area contributed by atoms with Crippen molar-refractivity contribution in [3.05, 3.63) is 61.8 Å². The maximum atomic E-state index is 12.2. The summed E-state index contributed by atoms with van der Waals surface area (Å²) in [6, 6.07) is 4.31. The van der Waals surface area contributed by atoms with Crippen LogP contribution in [0.5, 0.6) is 11.6 Å². The van der Waals surface area contributed by atoms with Gasteiger partial charge in [0.15, 0.2) is 0 Å². The van der Waals surface area contributed by atoms with Crippen LogP contribution in [-0.2, 0) is 9.59 Å². The number of imide groups is 2. The van der Waals surface area contributed by atoms with Crippen LogP contribution in [0.3, 0.4) is 0 Å². The van der Waals surface area contributed by atoms with E-state index < -0.39 is 57.4 Å². The SMILES string of the molecule is O=C1NC(=O)C(=C(c2ccccc2O)c2c(O)[nH]c(=O)[nH]c2=O)C(=O)N1. The molecular formula is C15H10N4O7. The number of barbiturate groups is 1. The van der Waals surface area contributed by atoms with E-state index in [2.05, 4.69) is 0 Å². The van der Waals surface area contributed by atoms with E-state index in [0.717, 1.165) is 0 Å². The summed E-state index contributed by atoms with van der Waals surface area (Å²) < 4.78 is 0. The number of urea groups is 1. The van der Waals surface area contributed by atoms with Gasteiger partial charge in [0.1, 0.15) is 16.9 Å². The summed E-state index contributed by atoms with van der Waals surface area (Å²) in [5.74, 6) is -3.65. The average molecular weight is 358 g/mol. The van der Waals surface area contributed by atoms with E-state index in [1.54, 1.807) is 0 Å². The van der Waals surface area contributed by atoms with Crippen LogP contribution in [0.2, 0.25) is 0 Å². The molecule has 4 amide bonds. The number of phenolic OH excluding ortho intramolecular Hbond substituents is 1. The summed E-state index contributed by atoms with van der Waals surface area (Å²) in [5.41, 5.74) is -4.12. The molecule has 0 spiro atoms. The zero-order chi connectivity index (χ0) is 19.0. The number of rotatable bonds is 2. The van der Waals surface area contributed by atoms with Gasteiger partial charge in [-0.1, -0.05) is 18.2 Å². The highest BCUT2D eigenvalue weighted by Crippen LogP contribution is 2.34. The molecule has 11 heteroatoms. The fourth-order valence-corrected chi connectivity index (χ4v) is 2.48. The molecule has 1 aliphatic heterocycles. The number of H-pyrrole nitrogens is 2. The van der Waals surface area contributed by atoms with Crippen LogP contribution < -0.4 is 21.9 Å². The molecule has 11 nitrogen and oxygen atoms in total. The highest BCUT2D eigenvalue weighted by atomic mass is 16.3. The van der Waals surface area contributed by atoms with Crippen molar-refractivity contribution < 1.29 is 24.6 Å². The second-order valence-corrected chi connectivity index (χ2v) is 5.14. The molecule has 1 saturated heterocycles. The van der Waals surface area contributed by atoms with Gasteiger partial charge in [-0.2, -0.15) is 0 Å². The molecule has 0 bridgehead atoms. The molecule has 0 radical (unpaired) electrons. The summed E-state index contributed by atoms with van der Waals surface area (Å²) in [4.78, 5) is 63.0. The minimum absolute atomic E-state index is 0.157. The first-order valence-corrected chi connectivity index (χ1v) is 7.05. The van der Waals surface area contributed by atoms with Crippen LogP contribution in [0.25, 0.3) is 5.57 Å². The molecule has 1 aromatic carbocycles. The second-order valence-electron chi connectivity index (χ2n) is 5.14. The average Bonchev–Trinajstić information content (AvgIpc) is 2.52. The number of phenols is 1. The number of aromatic nitrogens is 2. The van der Waals surface area contributed by atoms with Gasteiger partial charge >= 0.3 is 11.7 Å². The minimum Gasteiger partial charge on any atom is -0.507 e. The molecular weight excluding hydrogens is 348 g/mol. The Morgan fingerprint density at radius 3 is 2.04 bits per heavy atom. The molecule has 132 valence electrons. The molecule has 2 heterocycles. The van der Waals surface area contributed by atoms with E-state index in [9.17, 15) is 34.2 Å². The number of carbonyl (C=O) groups is 3. The van der Waals surface area contributed by atoms with Crippen LogP contribution in [0.4, 0.5) is 4.79 Å². The van der Waals surface area contributed by atoms with Crippen LogP contribution in [0.1, 0.15) is 11.1 Å². The lowest BCUT2D eigenvalue weighted by atomic mass is 9.92. The van der Waals surface area contributed by atoms with Gasteiger partial charge in [0, 0.05) is 11.1 Å². The normalized spacial score (nSPS) is 14.0. The molecule has 6 N–H and O–H groups in total. The molecule has 0 atom stereocenters. The Hall–Kier alpha value is -4.15. The molecule has 3 rings (SSSR count). The van der Waals surface area contributed by atoms with E-state index in [-0.39, 0.29) is 5.56 Å². The fourth-order valence-electron chi connectivity index (χ4n) is 2.48. The fraction of sp³-hybridized carbons (Fsp3) is 0. The quantitative estimate of drug-likeness (QED) is 0.283. The molecule has 26 heavy (non-hydrogen) atoms. The Labute approximate surface area is 143 Å². The summed E-state index contributed by atoms with van der Waals surface area (Å²) >= 11 is 0. The van der Waals surface area contributed by atoms with E-state index in [4.69, 9.17) is 0 Å². The molecule has 1 fully saturated rings. The van der Waals surface area contributed by atoms with Gasteiger partial charge in [0.05, 0.1) is 0 Å². The van der Waals surface area contributed by atoms with Gasteiger partial charge in [-0.25, -0.2) is 9.59 Å². The highest BCUT2D eigenvalue weighted by molar-refractivity contribution is 6.33. The Balaban J connectivity index is 2.46. The topological polar surface area (TPSA) is 181 Å². The third-order valence-corrected chi connectivity index (χ3v) is 3.50.